The third-order valence-electron chi connectivity index (χ3n) is 3.78. The van der Waals surface area contributed by atoms with Gasteiger partial charge in [-0.1, -0.05) is 28.9 Å². The molecule has 19 heavy (non-hydrogen) atoms. The van der Waals surface area contributed by atoms with Crippen LogP contribution in [-0.2, 0) is 6.54 Å². The third-order valence-corrected chi connectivity index (χ3v) is 4.27. The van der Waals surface area contributed by atoms with E-state index in [4.69, 9.17) is 0 Å². The molecule has 1 aromatic rings. The lowest BCUT2D eigenvalue weighted by atomic mass is 9.90. The van der Waals surface area contributed by atoms with Gasteiger partial charge in [0.25, 0.3) is 0 Å². The molecule has 0 bridgehead atoms. The lowest BCUT2D eigenvalue weighted by Gasteiger charge is -2.40. The van der Waals surface area contributed by atoms with E-state index in [0.717, 1.165) is 24.1 Å². The van der Waals surface area contributed by atoms with Crippen molar-refractivity contribution in [2.24, 2.45) is 0 Å². The first-order valence-electron chi connectivity index (χ1n) is 7.13. The lowest BCUT2D eigenvalue weighted by Crippen LogP contribution is -2.42. The minimum Gasteiger partial charge on any atom is -0.395 e. The van der Waals surface area contributed by atoms with Crippen LogP contribution in [0.25, 0.3) is 0 Å². The fourth-order valence-electron chi connectivity index (χ4n) is 2.52. The topological polar surface area (TPSA) is 35.5 Å². The Hall–Kier alpha value is -0.580. The molecule has 0 amide bonds. The summed E-state index contributed by atoms with van der Waals surface area (Å²) in [6.07, 6.45) is 3.80. The van der Waals surface area contributed by atoms with Gasteiger partial charge in [0.15, 0.2) is 0 Å². The van der Waals surface area contributed by atoms with Gasteiger partial charge in [-0.05, 0) is 43.5 Å². The summed E-state index contributed by atoms with van der Waals surface area (Å²) < 4.78 is 1.10. The number of hydrogen-bond donors (Lipinski definition) is 2. The number of aliphatic hydroxyl groups is 1. The van der Waals surface area contributed by atoms with Crippen molar-refractivity contribution in [1.82, 2.24) is 5.32 Å². The van der Waals surface area contributed by atoms with Crippen molar-refractivity contribution in [3.05, 3.63) is 28.2 Å². The van der Waals surface area contributed by atoms with Crippen LogP contribution in [0.5, 0.6) is 0 Å². The molecule has 0 saturated heterocycles. The van der Waals surface area contributed by atoms with Gasteiger partial charge >= 0.3 is 0 Å². The summed E-state index contributed by atoms with van der Waals surface area (Å²) in [5, 5.41) is 12.7. The van der Waals surface area contributed by atoms with E-state index < -0.39 is 0 Å². The minimum absolute atomic E-state index is 0.212. The highest BCUT2D eigenvalue weighted by atomic mass is 79.9. The summed E-state index contributed by atoms with van der Waals surface area (Å²) in [6.45, 7) is 4.91. The summed E-state index contributed by atoms with van der Waals surface area (Å²) in [6, 6.07) is 7.04. The Morgan fingerprint density at radius 2 is 2.21 bits per heavy atom. The summed E-state index contributed by atoms with van der Waals surface area (Å²) in [4.78, 5) is 2.38. The molecule has 3 nitrogen and oxygen atoms in total. The van der Waals surface area contributed by atoms with Gasteiger partial charge in [0.1, 0.15) is 0 Å². The predicted molar refractivity (Wildman–Crippen MR) is 83.6 cm³/mol. The van der Waals surface area contributed by atoms with Crippen molar-refractivity contribution < 1.29 is 5.11 Å². The van der Waals surface area contributed by atoms with Crippen LogP contribution in [0.3, 0.4) is 0 Å². The number of aliphatic hydroxyl groups excluding tert-OH is 1. The van der Waals surface area contributed by atoms with Crippen LogP contribution in [0, 0.1) is 0 Å². The highest BCUT2D eigenvalue weighted by molar-refractivity contribution is 9.10. The molecule has 4 heteroatoms. The first kappa shape index (κ1) is 14.8. The molecule has 1 aliphatic carbocycles. The van der Waals surface area contributed by atoms with Crippen LogP contribution < -0.4 is 10.2 Å². The Bertz CT molecular complexity index is 407. The summed E-state index contributed by atoms with van der Waals surface area (Å²) in [5.74, 6) is 0. The average Bonchev–Trinajstić information content (AvgIpc) is 2.34. The van der Waals surface area contributed by atoms with Gasteiger partial charge in [-0.3, -0.25) is 0 Å². The first-order chi connectivity index (χ1) is 9.26. The van der Waals surface area contributed by atoms with Gasteiger partial charge in [-0.15, -0.1) is 0 Å². The summed E-state index contributed by atoms with van der Waals surface area (Å²) in [5.41, 5.74) is 2.57. The van der Waals surface area contributed by atoms with Crippen molar-refractivity contribution in [3.8, 4) is 0 Å². The lowest BCUT2D eigenvalue weighted by molar-refractivity contribution is 0.283. The number of halogens is 1. The van der Waals surface area contributed by atoms with E-state index in [1.54, 1.807) is 0 Å². The highest BCUT2D eigenvalue weighted by Crippen LogP contribution is 2.33. The van der Waals surface area contributed by atoms with Crippen LogP contribution in [0.4, 0.5) is 5.69 Å². The van der Waals surface area contributed by atoms with E-state index in [0.29, 0.717) is 6.04 Å². The zero-order valence-corrected chi connectivity index (χ0v) is 13.1. The monoisotopic (exact) mass is 326 g/mol. The zero-order chi connectivity index (χ0) is 13.7. The van der Waals surface area contributed by atoms with Gasteiger partial charge in [0.05, 0.1) is 6.61 Å². The molecule has 0 aromatic heterocycles. The standard InChI is InChI=1S/C15H23BrN2O/c1-2-17-11-12-6-7-13(16)10-15(12)18(8-9-19)14-4-3-5-14/h6-7,10,14,17,19H,2-5,8-9,11H2,1H3. The van der Waals surface area contributed by atoms with Crippen molar-refractivity contribution in [2.45, 2.75) is 38.8 Å². The molecule has 0 heterocycles. The second-order valence-corrected chi connectivity index (χ2v) is 5.97. The largest absolute Gasteiger partial charge is 0.395 e. The fourth-order valence-corrected chi connectivity index (χ4v) is 2.87. The second-order valence-electron chi connectivity index (χ2n) is 5.06. The summed E-state index contributed by atoms with van der Waals surface area (Å²) >= 11 is 3.56. The molecule has 1 aliphatic rings. The van der Waals surface area contributed by atoms with Crippen LogP contribution in [0.15, 0.2) is 22.7 Å². The molecule has 1 aromatic carbocycles. The van der Waals surface area contributed by atoms with Crippen LogP contribution in [0.2, 0.25) is 0 Å². The average molecular weight is 327 g/mol. The number of anilines is 1. The molecular formula is C15H23BrN2O. The normalized spacial score (nSPS) is 15.3. The number of benzene rings is 1. The van der Waals surface area contributed by atoms with Gasteiger partial charge in [0, 0.05) is 29.3 Å². The van der Waals surface area contributed by atoms with Crippen molar-refractivity contribution in [2.75, 3.05) is 24.6 Å². The van der Waals surface area contributed by atoms with E-state index >= 15 is 0 Å². The zero-order valence-electron chi connectivity index (χ0n) is 11.5. The van der Waals surface area contributed by atoms with E-state index in [-0.39, 0.29) is 6.61 Å². The maximum Gasteiger partial charge on any atom is 0.0606 e. The Morgan fingerprint density at radius 1 is 1.42 bits per heavy atom. The smallest absolute Gasteiger partial charge is 0.0606 e. The van der Waals surface area contributed by atoms with Crippen molar-refractivity contribution in [3.63, 3.8) is 0 Å². The number of rotatable bonds is 7. The number of nitrogens with zero attached hydrogens (tertiary/aromatic N) is 1. The molecule has 0 atom stereocenters. The van der Waals surface area contributed by atoms with Gasteiger partial charge < -0.3 is 15.3 Å². The van der Waals surface area contributed by atoms with Crippen molar-refractivity contribution in [1.29, 1.82) is 0 Å². The number of hydrogen-bond acceptors (Lipinski definition) is 3. The first-order valence-corrected chi connectivity index (χ1v) is 7.92. The predicted octanol–water partition coefficient (Wildman–Crippen LogP) is 2.91. The molecular weight excluding hydrogens is 304 g/mol. The van der Waals surface area contributed by atoms with Crippen LogP contribution in [0.1, 0.15) is 31.7 Å². The molecule has 2 N–H and O–H groups in total. The Morgan fingerprint density at radius 3 is 2.79 bits per heavy atom. The minimum atomic E-state index is 0.212. The molecule has 1 saturated carbocycles. The molecule has 0 aliphatic heterocycles. The Kier molecular flexibility index (Phi) is 5.67. The summed E-state index contributed by atoms with van der Waals surface area (Å²) in [7, 11) is 0. The van der Waals surface area contributed by atoms with E-state index in [1.807, 2.05) is 0 Å². The van der Waals surface area contributed by atoms with E-state index in [1.165, 1.54) is 30.5 Å². The van der Waals surface area contributed by atoms with Crippen molar-refractivity contribution >= 4 is 21.6 Å². The SMILES string of the molecule is CCNCc1ccc(Br)cc1N(CCO)C1CCC1. The van der Waals surface area contributed by atoms with E-state index in [9.17, 15) is 5.11 Å². The molecule has 2 rings (SSSR count). The maximum atomic E-state index is 9.33. The van der Waals surface area contributed by atoms with Gasteiger partial charge in [-0.2, -0.15) is 0 Å². The highest BCUT2D eigenvalue weighted by Gasteiger charge is 2.26. The molecule has 106 valence electrons. The molecule has 0 radical (unpaired) electrons. The Balaban J connectivity index is 2.24. The van der Waals surface area contributed by atoms with Gasteiger partial charge in [0.2, 0.25) is 0 Å². The Labute approximate surface area is 124 Å². The fraction of sp³-hybridized carbons (Fsp3) is 0.600. The number of nitrogens with one attached hydrogen (secondary N) is 1. The molecule has 1 fully saturated rings. The molecule has 0 spiro atoms. The maximum absolute atomic E-state index is 9.33. The van der Waals surface area contributed by atoms with Gasteiger partial charge in [-0.25, -0.2) is 0 Å². The quantitative estimate of drug-likeness (QED) is 0.808. The van der Waals surface area contributed by atoms with E-state index in [2.05, 4.69) is 51.3 Å². The van der Waals surface area contributed by atoms with Crippen LogP contribution in [-0.4, -0.2) is 30.8 Å². The third kappa shape index (κ3) is 3.71. The second kappa shape index (κ2) is 7.27. The molecule has 0 unspecified atom stereocenters. The van der Waals surface area contributed by atoms with Crippen LogP contribution >= 0.6 is 15.9 Å².